The van der Waals surface area contributed by atoms with E-state index in [2.05, 4.69) is 142 Å². The third kappa shape index (κ3) is 5.64. The van der Waals surface area contributed by atoms with E-state index in [-0.39, 0.29) is 21.9 Å². The number of benzene rings is 1. The molecule has 0 unspecified atom stereocenters. The zero-order chi connectivity index (χ0) is 24.0. The minimum Gasteiger partial charge on any atom is -0.349 e. The van der Waals surface area contributed by atoms with Crippen molar-refractivity contribution in [3.05, 3.63) is 59.5 Å². The molecule has 0 fully saturated rings. The molecule has 31 heavy (non-hydrogen) atoms. The van der Waals surface area contributed by atoms with Gasteiger partial charge in [-0.05, 0) is 82.6 Å². The standard InChI is InChI=1S/C17H25N.C12H21N/c1-12-15(16(2,3)4)13-10-8-9-11-14(13)18(12)17(5,6)7;1-11(2,3)10-7-8-13(9-10)12(4,5)6/h8-11H,1-7H3;7-9H,1-6H3. The van der Waals surface area contributed by atoms with Gasteiger partial charge in [0.1, 0.15) is 0 Å². The molecule has 1 aromatic carbocycles. The quantitative estimate of drug-likeness (QED) is 0.343. The Kier molecular flexibility index (Phi) is 6.68. The Morgan fingerprint density at radius 1 is 0.645 bits per heavy atom. The number of nitrogens with zero attached hydrogens (tertiary/aromatic N) is 2. The van der Waals surface area contributed by atoms with Gasteiger partial charge in [-0.3, -0.25) is 0 Å². The first-order valence-corrected chi connectivity index (χ1v) is 11.6. The third-order valence-electron chi connectivity index (χ3n) is 5.87. The van der Waals surface area contributed by atoms with E-state index in [1.165, 1.54) is 27.7 Å². The fourth-order valence-electron chi connectivity index (χ4n) is 4.44. The smallest absolute Gasteiger partial charge is 0.0490 e. The lowest BCUT2D eigenvalue weighted by Crippen LogP contribution is -2.24. The molecule has 2 nitrogen and oxygen atoms in total. The average Bonchev–Trinajstić information content (AvgIpc) is 3.15. The van der Waals surface area contributed by atoms with Crippen LogP contribution in [0.4, 0.5) is 0 Å². The molecule has 0 bridgehead atoms. The van der Waals surface area contributed by atoms with Crippen molar-refractivity contribution < 1.29 is 0 Å². The Labute approximate surface area is 191 Å². The maximum Gasteiger partial charge on any atom is 0.0490 e. The highest BCUT2D eigenvalue weighted by Gasteiger charge is 2.27. The molecule has 0 spiro atoms. The summed E-state index contributed by atoms with van der Waals surface area (Å²) in [5.74, 6) is 0. The molecule has 0 atom stereocenters. The summed E-state index contributed by atoms with van der Waals surface area (Å²) in [6.07, 6.45) is 4.42. The molecule has 3 aromatic rings. The fraction of sp³-hybridized carbons (Fsp3) is 0.586. The molecule has 2 heterocycles. The molecular formula is C29H46N2. The number of hydrogen-bond donors (Lipinski definition) is 0. The van der Waals surface area contributed by atoms with Crippen LogP contribution in [0.15, 0.2) is 42.7 Å². The van der Waals surface area contributed by atoms with Gasteiger partial charge in [0, 0.05) is 40.1 Å². The highest BCUT2D eigenvalue weighted by molar-refractivity contribution is 5.87. The monoisotopic (exact) mass is 422 g/mol. The zero-order valence-corrected chi connectivity index (χ0v) is 22.4. The number of aromatic nitrogens is 2. The van der Waals surface area contributed by atoms with Gasteiger partial charge in [-0.15, -0.1) is 0 Å². The molecule has 0 aliphatic carbocycles. The van der Waals surface area contributed by atoms with E-state index in [9.17, 15) is 0 Å². The second-order valence-electron chi connectivity index (χ2n) is 13.0. The SMILES string of the molecule is CC(C)(C)c1ccn(C(C)(C)C)c1.Cc1c(C(C)(C)C)c2ccccc2n1C(C)(C)C. The Bertz CT molecular complexity index is 937. The van der Waals surface area contributed by atoms with Gasteiger partial charge in [0.25, 0.3) is 0 Å². The third-order valence-corrected chi connectivity index (χ3v) is 5.87. The first kappa shape index (κ1) is 25.3. The van der Waals surface area contributed by atoms with E-state index in [1.807, 2.05) is 0 Å². The van der Waals surface area contributed by atoms with Crippen molar-refractivity contribution in [2.75, 3.05) is 0 Å². The molecule has 3 rings (SSSR count). The van der Waals surface area contributed by atoms with Crippen LogP contribution < -0.4 is 0 Å². The van der Waals surface area contributed by atoms with Crippen molar-refractivity contribution in [2.24, 2.45) is 0 Å². The first-order valence-electron chi connectivity index (χ1n) is 11.6. The lowest BCUT2D eigenvalue weighted by atomic mass is 9.85. The second-order valence-corrected chi connectivity index (χ2v) is 13.0. The largest absolute Gasteiger partial charge is 0.349 e. The van der Waals surface area contributed by atoms with Crippen LogP contribution in [0.1, 0.15) is 99.9 Å². The van der Waals surface area contributed by atoms with Crippen molar-refractivity contribution in [3.8, 4) is 0 Å². The minimum absolute atomic E-state index is 0.118. The Morgan fingerprint density at radius 2 is 1.19 bits per heavy atom. The van der Waals surface area contributed by atoms with E-state index in [0.717, 1.165) is 0 Å². The maximum absolute atomic E-state index is 2.48. The Balaban J connectivity index is 0.000000233. The number of fused-ring (bicyclic) bond motifs is 1. The maximum atomic E-state index is 2.48. The van der Waals surface area contributed by atoms with Gasteiger partial charge >= 0.3 is 0 Å². The van der Waals surface area contributed by atoms with E-state index < -0.39 is 0 Å². The molecule has 172 valence electrons. The van der Waals surface area contributed by atoms with Gasteiger partial charge in [-0.2, -0.15) is 0 Å². The summed E-state index contributed by atoms with van der Waals surface area (Å²) in [6.45, 7) is 29.4. The average molecular weight is 423 g/mol. The lowest BCUT2D eigenvalue weighted by molar-refractivity contribution is 0.396. The van der Waals surface area contributed by atoms with Crippen LogP contribution in [-0.2, 0) is 21.9 Å². The summed E-state index contributed by atoms with van der Waals surface area (Å²) < 4.78 is 4.75. The van der Waals surface area contributed by atoms with E-state index in [0.29, 0.717) is 0 Å². The minimum atomic E-state index is 0.118. The molecule has 0 N–H and O–H groups in total. The molecule has 0 saturated carbocycles. The summed E-state index contributed by atoms with van der Waals surface area (Å²) in [4.78, 5) is 0. The van der Waals surface area contributed by atoms with Crippen LogP contribution >= 0.6 is 0 Å². The van der Waals surface area contributed by atoms with Gasteiger partial charge in [0.15, 0.2) is 0 Å². The van der Waals surface area contributed by atoms with Gasteiger partial charge in [0.2, 0.25) is 0 Å². The highest BCUT2D eigenvalue weighted by Crippen LogP contribution is 2.38. The molecular weight excluding hydrogens is 376 g/mol. The van der Waals surface area contributed by atoms with E-state index >= 15 is 0 Å². The van der Waals surface area contributed by atoms with Crippen LogP contribution in [0.3, 0.4) is 0 Å². The van der Waals surface area contributed by atoms with Gasteiger partial charge in [-0.25, -0.2) is 0 Å². The first-order chi connectivity index (χ1) is 13.8. The molecule has 0 amide bonds. The van der Waals surface area contributed by atoms with Crippen molar-refractivity contribution in [3.63, 3.8) is 0 Å². The summed E-state index contributed by atoms with van der Waals surface area (Å²) in [6, 6.07) is 11.0. The molecule has 0 saturated heterocycles. The van der Waals surface area contributed by atoms with Crippen LogP contribution in [0.5, 0.6) is 0 Å². The summed E-state index contributed by atoms with van der Waals surface area (Å²) in [5, 5.41) is 1.40. The molecule has 0 aliphatic rings. The van der Waals surface area contributed by atoms with E-state index in [1.54, 1.807) is 0 Å². The van der Waals surface area contributed by atoms with Crippen LogP contribution in [0.2, 0.25) is 0 Å². The normalized spacial score (nSPS) is 13.3. The van der Waals surface area contributed by atoms with Gasteiger partial charge in [-0.1, -0.05) is 59.7 Å². The predicted molar refractivity (Wildman–Crippen MR) is 138 cm³/mol. The summed E-state index contributed by atoms with van der Waals surface area (Å²) in [7, 11) is 0. The van der Waals surface area contributed by atoms with Crippen LogP contribution in [0, 0.1) is 6.92 Å². The predicted octanol–water partition coefficient (Wildman–Crippen LogP) is 8.54. The number of hydrogen-bond acceptors (Lipinski definition) is 0. The second kappa shape index (κ2) is 8.19. The fourth-order valence-corrected chi connectivity index (χ4v) is 4.44. The Hall–Kier alpha value is -1.96. The molecule has 0 aliphatic heterocycles. The van der Waals surface area contributed by atoms with Crippen molar-refractivity contribution in [1.29, 1.82) is 0 Å². The van der Waals surface area contributed by atoms with Crippen LogP contribution in [0.25, 0.3) is 10.9 Å². The molecule has 2 aromatic heterocycles. The Morgan fingerprint density at radius 3 is 1.58 bits per heavy atom. The van der Waals surface area contributed by atoms with E-state index in [4.69, 9.17) is 0 Å². The van der Waals surface area contributed by atoms with Gasteiger partial charge in [0.05, 0.1) is 0 Å². The number of rotatable bonds is 0. The zero-order valence-electron chi connectivity index (χ0n) is 22.4. The summed E-state index contributed by atoms with van der Waals surface area (Å²) in [5.41, 5.74) is 6.40. The van der Waals surface area contributed by atoms with Crippen LogP contribution in [-0.4, -0.2) is 9.13 Å². The number of para-hydroxylation sites is 1. The highest BCUT2D eigenvalue weighted by atomic mass is 15.1. The molecule has 2 heteroatoms. The van der Waals surface area contributed by atoms with Crippen molar-refractivity contribution in [1.82, 2.24) is 9.13 Å². The van der Waals surface area contributed by atoms with Crippen molar-refractivity contribution in [2.45, 2.75) is 112 Å². The molecule has 0 radical (unpaired) electrons. The topological polar surface area (TPSA) is 9.86 Å². The summed E-state index contributed by atoms with van der Waals surface area (Å²) >= 11 is 0. The van der Waals surface area contributed by atoms with Crippen molar-refractivity contribution >= 4 is 10.9 Å². The lowest BCUT2D eigenvalue weighted by Gasteiger charge is -2.26. The van der Waals surface area contributed by atoms with Gasteiger partial charge < -0.3 is 9.13 Å².